The van der Waals surface area contributed by atoms with Gasteiger partial charge < -0.3 is 10.6 Å². The fraction of sp³-hybridized carbons (Fsp3) is 0. The summed E-state index contributed by atoms with van der Waals surface area (Å²) < 4.78 is 0.624. The van der Waals surface area contributed by atoms with Gasteiger partial charge in [-0.05, 0) is 64.0 Å². The Labute approximate surface area is 178 Å². The molecule has 3 rings (SSSR count). The Morgan fingerprint density at radius 3 is 2.59 bits per heavy atom. The number of H-pyrrole nitrogens is 1. The first-order valence-electron chi connectivity index (χ1n) is 8.06. The topological polar surface area (TPSA) is 130 Å². The number of aromatic amines is 1. The molecule has 0 unspecified atom stereocenters. The van der Waals surface area contributed by atoms with E-state index in [1.807, 2.05) is 12.1 Å². The van der Waals surface area contributed by atoms with Crippen molar-refractivity contribution in [2.75, 3.05) is 10.6 Å². The van der Waals surface area contributed by atoms with Crippen LogP contribution in [0.15, 0.2) is 51.7 Å². The molecule has 0 radical (unpaired) electrons. The van der Waals surface area contributed by atoms with Gasteiger partial charge in [-0.3, -0.25) is 4.79 Å². The SMILES string of the molecule is N#C/C=C/c1cc(Cl)c(Nc2n[nH]c(=O)c(Nc3ccc(C#N)cc3)n2)c(Br)c1. The number of nitrogens with one attached hydrogen (secondary N) is 3. The fourth-order valence-corrected chi connectivity index (χ4v) is 3.26. The molecule has 0 spiro atoms. The summed E-state index contributed by atoms with van der Waals surface area (Å²) in [6.07, 6.45) is 2.97. The van der Waals surface area contributed by atoms with Crippen molar-refractivity contribution < 1.29 is 0 Å². The van der Waals surface area contributed by atoms with Crippen LogP contribution in [0.25, 0.3) is 6.08 Å². The number of nitrogens with zero attached hydrogens (tertiary/aromatic N) is 4. The summed E-state index contributed by atoms with van der Waals surface area (Å²) in [5.41, 5.74) is 1.81. The zero-order valence-corrected chi connectivity index (χ0v) is 16.9. The number of hydrogen-bond donors (Lipinski definition) is 3. The molecule has 3 aromatic rings. The number of hydrogen-bond acceptors (Lipinski definition) is 7. The normalized spacial score (nSPS) is 10.3. The standard InChI is InChI=1S/C19H11BrClN7O/c20-14-8-12(2-1-7-22)9-15(21)16(14)25-19-26-17(18(29)27-28-19)24-13-5-3-11(10-23)4-6-13/h1-6,8-9H,(H,27,29)(H2,24,25,26,28)/b2-1+. The number of benzene rings is 2. The van der Waals surface area contributed by atoms with Crippen LogP contribution >= 0.6 is 27.5 Å². The third kappa shape index (κ3) is 4.99. The molecule has 2 aromatic carbocycles. The largest absolute Gasteiger partial charge is 0.335 e. The lowest BCUT2D eigenvalue weighted by molar-refractivity contribution is 0.945. The smallest absolute Gasteiger partial charge is 0.307 e. The quantitative estimate of drug-likeness (QED) is 0.471. The zero-order valence-electron chi connectivity index (χ0n) is 14.6. The van der Waals surface area contributed by atoms with Crippen molar-refractivity contribution >= 4 is 56.7 Å². The number of nitriles is 2. The molecule has 3 N–H and O–H groups in total. The molecule has 0 aliphatic rings. The molecule has 29 heavy (non-hydrogen) atoms. The maximum absolute atomic E-state index is 12.0. The fourth-order valence-electron chi connectivity index (χ4n) is 2.30. The second kappa shape index (κ2) is 9.02. The van der Waals surface area contributed by atoms with E-state index in [9.17, 15) is 4.79 Å². The number of aromatic nitrogens is 3. The van der Waals surface area contributed by atoms with Gasteiger partial charge in [0.05, 0.1) is 28.4 Å². The van der Waals surface area contributed by atoms with Crippen LogP contribution in [-0.4, -0.2) is 15.2 Å². The van der Waals surface area contributed by atoms with E-state index in [1.54, 1.807) is 42.5 Å². The molecule has 1 aromatic heterocycles. The van der Waals surface area contributed by atoms with Gasteiger partial charge in [0.15, 0.2) is 0 Å². The third-order valence-electron chi connectivity index (χ3n) is 3.62. The molecule has 0 fully saturated rings. The Balaban J connectivity index is 1.86. The van der Waals surface area contributed by atoms with Crippen molar-refractivity contribution in [3.05, 3.63) is 73.5 Å². The Morgan fingerprint density at radius 2 is 1.93 bits per heavy atom. The van der Waals surface area contributed by atoms with Crippen LogP contribution in [-0.2, 0) is 0 Å². The zero-order chi connectivity index (χ0) is 20.8. The Kier molecular flexibility index (Phi) is 6.25. The molecule has 0 amide bonds. The van der Waals surface area contributed by atoms with Crippen molar-refractivity contribution in [2.24, 2.45) is 0 Å². The highest BCUT2D eigenvalue weighted by Gasteiger charge is 2.11. The predicted molar refractivity (Wildman–Crippen MR) is 114 cm³/mol. The van der Waals surface area contributed by atoms with Gasteiger partial charge in [-0.15, -0.1) is 5.10 Å². The van der Waals surface area contributed by atoms with Gasteiger partial charge in [0, 0.05) is 16.2 Å². The van der Waals surface area contributed by atoms with Crippen LogP contribution < -0.4 is 16.2 Å². The summed E-state index contributed by atoms with van der Waals surface area (Å²) in [5, 5.41) is 29.9. The van der Waals surface area contributed by atoms with Crippen molar-refractivity contribution in [2.45, 2.75) is 0 Å². The minimum Gasteiger partial charge on any atom is -0.335 e. The van der Waals surface area contributed by atoms with Crippen LogP contribution in [0.2, 0.25) is 5.02 Å². The molecular formula is C19H11BrClN7O. The summed E-state index contributed by atoms with van der Waals surface area (Å²) in [5.74, 6) is 0.136. The Morgan fingerprint density at radius 1 is 1.17 bits per heavy atom. The van der Waals surface area contributed by atoms with Crippen molar-refractivity contribution in [3.8, 4) is 12.1 Å². The Bertz CT molecular complexity index is 1200. The van der Waals surface area contributed by atoms with Crippen LogP contribution in [0.5, 0.6) is 0 Å². The summed E-state index contributed by atoms with van der Waals surface area (Å²) >= 11 is 9.73. The van der Waals surface area contributed by atoms with E-state index < -0.39 is 5.56 Å². The van der Waals surface area contributed by atoms with Crippen molar-refractivity contribution in [3.63, 3.8) is 0 Å². The molecule has 0 atom stereocenters. The van der Waals surface area contributed by atoms with Gasteiger partial charge >= 0.3 is 5.56 Å². The van der Waals surface area contributed by atoms with Crippen LogP contribution in [0.4, 0.5) is 23.1 Å². The average molecular weight is 469 g/mol. The molecule has 0 saturated carbocycles. The predicted octanol–water partition coefficient (Wildman–Crippen LogP) is 4.48. The highest BCUT2D eigenvalue weighted by atomic mass is 79.9. The van der Waals surface area contributed by atoms with Gasteiger partial charge in [0.2, 0.25) is 11.8 Å². The first-order valence-corrected chi connectivity index (χ1v) is 9.23. The average Bonchev–Trinajstić information content (AvgIpc) is 2.72. The molecule has 10 heteroatoms. The van der Waals surface area contributed by atoms with Gasteiger partial charge in [-0.2, -0.15) is 15.5 Å². The summed E-state index contributed by atoms with van der Waals surface area (Å²) in [6.45, 7) is 0. The van der Waals surface area contributed by atoms with E-state index in [1.165, 1.54) is 6.08 Å². The van der Waals surface area contributed by atoms with Gasteiger partial charge in [0.25, 0.3) is 0 Å². The van der Waals surface area contributed by atoms with Gasteiger partial charge in [-0.25, -0.2) is 5.10 Å². The van der Waals surface area contributed by atoms with E-state index in [0.29, 0.717) is 26.4 Å². The Hall–Kier alpha value is -3.66. The molecular weight excluding hydrogens is 458 g/mol. The molecule has 8 nitrogen and oxygen atoms in total. The molecule has 0 bridgehead atoms. The minimum absolute atomic E-state index is 0.0213. The second-order valence-electron chi connectivity index (χ2n) is 5.60. The summed E-state index contributed by atoms with van der Waals surface area (Å²) in [4.78, 5) is 16.2. The lowest BCUT2D eigenvalue weighted by atomic mass is 10.2. The monoisotopic (exact) mass is 467 g/mol. The first kappa shape index (κ1) is 20.1. The van der Waals surface area contributed by atoms with Gasteiger partial charge in [-0.1, -0.05) is 11.6 Å². The van der Waals surface area contributed by atoms with Crippen molar-refractivity contribution in [1.82, 2.24) is 15.2 Å². The highest BCUT2D eigenvalue weighted by Crippen LogP contribution is 2.34. The molecule has 0 saturated heterocycles. The number of allylic oxidation sites excluding steroid dienone is 1. The highest BCUT2D eigenvalue weighted by molar-refractivity contribution is 9.10. The maximum Gasteiger partial charge on any atom is 0.307 e. The summed E-state index contributed by atoms with van der Waals surface area (Å²) in [6, 6.07) is 13.9. The molecule has 0 aliphatic carbocycles. The lowest BCUT2D eigenvalue weighted by Gasteiger charge is -2.11. The third-order valence-corrected chi connectivity index (χ3v) is 4.55. The van der Waals surface area contributed by atoms with E-state index in [4.69, 9.17) is 22.1 Å². The van der Waals surface area contributed by atoms with Crippen LogP contribution in [0.3, 0.4) is 0 Å². The summed E-state index contributed by atoms with van der Waals surface area (Å²) in [7, 11) is 0. The number of halogens is 2. The lowest BCUT2D eigenvalue weighted by Crippen LogP contribution is -2.17. The molecule has 0 aliphatic heterocycles. The van der Waals surface area contributed by atoms with Crippen molar-refractivity contribution in [1.29, 1.82) is 10.5 Å². The molecule has 142 valence electrons. The number of anilines is 4. The van der Waals surface area contributed by atoms with Crippen LogP contribution in [0.1, 0.15) is 11.1 Å². The van der Waals surface area contributed by atoms with Crippen LogP contribution in [0, 0.1) is 22.7 Å². The van der Waals surface area contributed by atoms with Gasteiger partial charge in [0.1, 0.15) is 0 Å². The first-order chi connectivity index (χ1) is 14.0. The van der Waals surface area contributed by atoms with E-state index in [0.717, 1.165) is 5.56 Å². The molecule has 1 heterocycles. The number of rotatable bonds is 5. The minimum atomic E-state index is -0.512. The maximum atomic E-state index is 12.0. The van der Waals surface area contributed by atoms with E-state index in [-0.39, 0.29) is 11.8 Å². The van der Waals surface area contributed by atoms with E-state index >= 15 is 0 Å². The second-order valence-corrected chi connectivity index (χ2v) is 6.86. The van der Waals surface area contributed by atoms with E-state index in [2.05, 4.69) is 41.7 Å².